The Morgan fingerprint density at radius 3 is 2.41 bits per heavy atom. The van der Waals surface area contributed by atoms with E-state index >= 15 is 0 Å². The maximum atomic E-state index is 12.2. The first-order valence-corrected chi connectivity index (χ1v) is 12.3. The molecule has 34 heavy (non-hydrogen) atoms. The van der Waals surface area contributed by atoms with E-state index in [0.717, 1.165) is 51.1 Å². The van der Waals surface area contributed by atoms with Crippen molar-refractivity contribution in [1.29, 1.82) is 0 Å². The van der Waals surface area contributed by atoms with Crippen molar-refractivity contribution in [2.24, 2.45) is 0 Å². The Balaban J connectivity index is 1.19. The van der Waals surface area contributed by atoms with E-state index in [4.69, 9.17) is 0 Å². The topological polar surface area (TPSA) is 67.9 Å². The fourth-order valence-corrected chi connectivity index (χ4v) is 4.18. The predicted molar refractivity (Wildman–Crippen MR) is 138 cm³/mol. The zero-order chi connectivity index (χ0) is 24.2. The quantitative estimate of drug-likeness (QED) is 0.500. The molecule has 3 rings (SSSR count). The number of aryl methyl sites for hydroxylation is 1. The Hall–Kier alpha value is -3.06. The number of nitrogens with zero attached hydrogens (tertiary/aromatic N) is 3. The van der Waals surface area contributed by atoms with Gasteiger partial charge in [0.15, 0.2) is 0 Å². The maximum absolute atomic E-state index is 12.2. The number of carbonyl (C=O) groups excluding carboxylic acids is 2. The van der Waals surface area contributed by atoms with Crippen molar-refractivity contribution < 1.29 is 9.59 Å². The van der Waals surface area contributed by atoms with E-state index in [0.29, 0.717) is 26.1 Å². The zero-order valence-electron chi connectivity index (χ0n) is 20.6. The molecule has 1 aliphatic rings. The number of rotatable bonds is 11. The third-order valence-corrected chi connectivity index (χ3v) is 6.20. The molecule has 0 unspecified atom stereocenters. The minimum atomic E-state index is -0.167. The first-order valence-electron chi connectivity index (χ1n) is 12.3. The van der Waals surface area contributed by atoms with Crippen molar-refractivity contribution in [2.45, 2.75) is 32.7 Å². The van der Waals surface area contributed by atoms with Gasteiger partial charge in [0, 0.05) is 65.0 Å². The molecule has 2 aromatic carbocycles. The van der Waals surface area contributed by atoms with Crippen LogP contribution in [-0.2, 0) is 11.3 Å². The first-order chi connectivity index (χ1) is 16.5. The van der Waals surface area contributed by atoms with E-state index < -0.39 is 0 Å². The van der Waals surface area contributed by atoms with Crippen molar-refractivity contribution >= 4 is 17.6 Å². The third-order valence-electron chi connectivity index (χ3n) is 6.20. The van der Waals surface area contributed by atoms with Gasteiger partial charge >= 0.3 is 6.03 Å². The van der Waals surface area contributed by atoms with Gasteiger partial charge in [-0.25, -0.2) is 4.79 Å². The molecule has 1 fully saturated rings. The molecule has 0 aliphatic carbocycles. The maximum Gasteiger partial charge on any atom is 0.317 e. The molecular formula is C27H39N5O2. The van der Waals surface area contributed by atoms with E-state index in [1.54, 1.807) is 11.9 Å². The number of benzene rings is 2. The Labute approximate surface area is 204 Å². The molecule has 0 aromatic heterocycles. The van der Waals surface area contributed by atoms with E-state index in [9.17, 15) is 9.59 Å². The summed E-state index contributed by atoms with van der Waals surface area (Å²) in [5, 5.41) is 5.78. The number of unbranched alkanes of at least 4 members (excludes halogenated alkanes) is 1. The highest BCUT2D eigenvalue weighted by Crippen LogP contribution is 2.17. The second-order valence-corrected chi connectivity index (χ2v) is 9.05. The van der Waals surface area contributed by atoms with Crippen molar-refractivity contribution in [3.63, 3.8) is 0 Å². The van der Waals surface area contributed by atoms with Crippen LogP contribution in [0.1, 0.15) is 30.4 Å². The summed E-state index contributed by atoms with van der Waals surface area (Å²) in [7, 11) is 1.75. The Morgan fingerprint density at radius 2 is 1.68 bits per heavy atom. The molecule has 7 heteroatoms. The van der Waals surface area contributed by atoms with Crippen LogP contribution >= 0.6 is 0 Å². The normalized spacial score (nSPS) is 14.0. The summed E-state index contributed by atoms with van der Waals surface area (Å²) in [5.41, 5.74) is 3.70. The highest BCUT2D eigenvalue weighted by atomic mass is 16.2. The van der Waals surface area contributed by atoms with Gasteiger partial charge in [0.1, 0.15) is 0 Å². The lowest BCUT2D eigenvalue weighted by atomic mass is 10.2. The number of amides is 3. The van der Waals surface area contributed by atoms with Gasteiger partial charge in [0.05, 0.1) is 0 Å². The number of hydrogen-bond acceptors (Lipinski definition) is 4. The summed E-state index contributed by atoms with van der Waals surface area (Å²) >= 11 is 0. The van der Waals surface area contributed by atoms with Crippen LogP contribution in [0.2, 0.25) is 0 Å². The average Bonchev–Trinajstić information content (AvgIpc) is 2.85. The van der Waals surface area contributed by atoms with Crippen LogP contribution in [0.15, 0.2) is 54.6 Å². The molecule has 1 saturated heterocycles. The van der Waals surface area contributed by atoms with E-state index in [-0.39, 0.29) is 11.9 Å². The molecule has 0 spiro atoms. The largest absolute Gasteiger partial charge is 0.369 e. The first kappa shape index (κ1) is 25.6. The number of anilines is 1. The van der Waals surface area contributed by atoms with Crippen molar-refractivity contribution in [3.8, 4) is 0 Å². The van der Waals surface area contributed by atoms with E-state index in [2.05, 4.69) is 51.6 Å². The minimum absolute atomic E-state index is 0.0159. The lowest BCUT2D eigenvalue weighted by Crippen LogP contribution is -2.46. The fraction of sp³-hybridized carbons (Fsp3) is 0.481. The zero-order valence-corrected chi connectivity index (χ0v) is 20.6. The minimum Gasteiger partial charge on any atom is -0.369 e. The molecule has 7 nitrogen and oxygen atoms in total. The lowest BCUT2D eigenvalue weighted by molar-refractivity contribution is -0.120. The molecule has 0 saturated carbocycles. The third kappa shape index (κ3) is 8.71. The number of hydrogen-bond donors (Lipinski definition) is 2. The van der Waals surface area contributed by atoms with Crippen LogP contribution in [0.25, 0.3) is 0 Å². The van der Waals surface area contributed by atoms with Crippen molar-refractivity contribution in [2.75, 3.05) is 57.8 Å². The standard InChI is InChI=1S/C27H39N5O2/c1-23-9-8-12-25(21-23)32-19-17-31(18-20-32)16-7-6-14-28-26(33)13-15-29-27(34)30(2)22-24-10-4-3-5-11-24/h3-5,8-12,21H,6-7,13-20,22H2,1-2H3,(H,28,33)(H,29,34). The number of carbonyl (C=O) groups is 2. The van der Waals surface area contributed by atoms with Crippen molar-refractivity contribution in [3.05, 3.63) is 65.7 Å². The van der Waals surface area contributed by atoms with Gasteiger partial charge in [-0.2, -0.15) is 0 Å². The molecule has 1 heterocycles. The molecule has 2 aromatic rings. The summed E-state index contributed by atoms with van der Waals surface area (Å²) < 4.78 is 0. The van der Waals surface area contributed by atoms with Crippen LogP contribution in [0.4, 0.5) is 10.5 Å². The summed E-state index contributed by atoms with van der Waals surface area (Å²) in [6.07, 6.45) is 2.34. The lowest BCUT2D eigenvalue weighted by Gasteiger charge is -2.36. The number of urea groups is 1. The fourth-order valence-electron chi connectivity index (χ4n) is 4.18. The Morgan fingerprint density at radius 1 is 0.912 bits per heavy atom. The van der Waals surface area contributed by atoms with Gasteiger partial charge in [-0.15, -0.1) is 0 Å². The smallest absolute Gasteiger partial charge is 0.317 e. The van der Waals surface area contributed by atoms with Gasteiger partial charge in [-0.3, -0.25) is 9.69 Å². The second kappa shape index (κ2) is 13.6. The molecular weight excluding hydrogens is 426 g/mol. The Bertz CT molecular complexity index is 897. The van der Waals surface area contributed by atoms with Gasteiger partial charge in [-0.05, 0) is 49.6 Å². The van der Waals surface area contributed by atoms with E-state index in [1.165, 1.54) is 11.3 Å². The monoisotopic (exact) mass is 465 g/mol. The summed E-state index contributed by atoms with van der Waals surface area (Å²) in [6.45, 7) is 9.07. The summed E-state index contributed by atoms with van der Waals surface area (Å²) in [5.74, 6) is -0.0159. The molecule has 3 amide bonds. The highest BCUT2D eigenvalue weighted by Gasteiger charge is 2.16. The molecule has 0 radical (unpaired) electrons. The number of piperazine rings is 1. The molecule has 0 atom stereocenters. The average molecular weight is 466 g/mol. The molecule has 1 aliphatic heterocycles. The Kier molecular flexibility index (Phi) is 10.2. The van der Waals surface area contributed by atoms with Crippen LogP contribution in [0.5, 0.6) is 0 Å². The second-order valence-electron chi connectivity index (χ2n) is 9.05. The van der Waals surface area contributed by atoms with Crippen molar-refractivity contribution in [1.82, 2.24) is 20.4 Å². The highest BCUT2D eigenvalue weighted by molar-refractivity contribution is 5.78. The van der Waals surface area contributed by atoms with Crippen LogP contribution in [0.3, 0.4) is 0 Å². The van der Waals surface area contributed by atoms with Crippen LogP contribution in [-0.4, -0.2) is 74.6 Å². The summed E-state index contributed by atoms with van der Waals surface area (Å²) in [4.78, 5) is 30.8. The van der Waals surface area contributed by atoms with Gasteiger partial charge in [-0.1, -0.05) is 42.5 Å². The molecule has 184 valence electrons. The number of nitrogens with one attached hydrogen (secondary N) is 2. The van der Waals surface area contributed by atoms with Gasteiger partial charge < -0.3 is 20.4 Å². The molecule has 2 N–H and O–H groups in total. The van der Waals surface area contributed by atoms with Crippen LogP contribution in [0, 0.1) is 6.92 Å². The summed E-state index contributed by atoms with van der Waals surface area (Å²) in [6, 6.07) is 18.4. The molecule has 0 bridgehead atoms. The SMILES string of the molecule is Cc1cccc(N2CCN(CCCCNC(=O)CCNC(=O)N(C)Cc3ccccc3)CC2)c1. The predicted octanol–water partition coefficient (Wildman–Crippen LogP) is 3.25. The van der Waals surface area contributed by atoms with Crippen LogP contribution < -0.4 is 15.5 Å². The van der Waals surface area contributed by atoms with E-state index in [1.807, 2.05) is 30.3 Å². The van der Waals surface area contributed by atoms with Gasteiger partial charge in [0.2, 0.25) is 5.91 Å². The van der Waals surface area contributed by atoms with Gasteiger partial charge in [0.25, 0.3) is 0 Å².